The Kier molecular flexibility index (Phi) is 22.5. The van der Waals surface area contributed by atoms with E-state index in [1.165, 1.54) is 0 Å². The largest absolute Gasteiger partial charge is 0.481 e. The number of carboxylic acids is 2. The van der Waals surface area contributed by atoms with Gasteiger partial charge in [0.2, 0.25) is 0 Å². The Morgan fingerprint density at radius 2 is 1.14 bits per heavy atom. The van der Waals surface area contributed by atoms with Gasteiger partial charge in [-0.15, -0.1) is 0 Å². The number of carbonyl (C=O) groups is 2. The predicted molar refractivity (Wildman–Crippen MR) is 129 cm³/mol. The normalized spacial score (nSPS) is 16.1. The van der Waals surface area contributed by atoms with E-state index in [9.17, 15) is 23.1 Å². The van der Waals surface area contributed by atoms with Crippen molar-refractivity contribution in [2.24, 2.45) is 34.5 Å². The average Bonchev–Trinajstić information content (AvgIpc) is 2.65. The van der Waals surface area contributed by atoms with Crippen LogP contribution in [0.3, 0.4) is 0 Å². The van der Waals surface area contributed by atoms with Crippen LogP contribution in [0.4, 0.5) is 0 Å². The molecule has 0 aromatic heterocycles. The topological polar surface area (TPSA) is 219 Å². The maximum atomic E-state index is 11.0. The molecule has 0 saturated heterocycles. The molecule has 14 heteroatoms. The number of aliphatic hydroxyl groups excluding tert-OH is 4. The summed E-state index contributed by atoms with van der Waals surface area (Å²) < 4.78 is 34.7. The van der Waals surface area contributed by atoms with Crippen molar-refractivity contribution in [3.63, 3.8) is 0 Å². The molecule has 215 valence electrons. The molecule has 1 radical (unpaired) electrons. The molecule has 0 amide bonds. The van der Waals surface area contributed by atoms with Gasteiger partial charge >= 0.3 is 22.3 Å². The molecule has 0 aliphatic heterocycles. The number of carboxylic acid groups (broad SMARTS) is 2. The van der Waals surface area contributed by atoms with Crippen molar-refractivity contribution in [3.8, 4) is 0 Å². The van der Waals surface area contributed by atoms with E-state index in [-0.39, 0.29) is 71.1 Å². The van der Waals surface area contributed by atoms with Crippen LogP contribution in [-0.4, -0.2) is 88.1 Å². The molecule has 0 aliphatic carbocycles. The van der Waals surface area contributed by atoms with Crippen LogP contribution in [-0.2, 0) is 56.9 Å². The fourth-order valence-corrected chi connectivity index (χ4v) is 3.81. The minimum atomic E-state index is -4.77. The Morgan fingerprint density at radius 1 is 0.750 bits per heavy atom. The van der Waals surface area contributed by atoms with Crippen molar-refractivity contribution < 1.29 is 90.1 Å². The summed E-state index contributed by atoms with van der Waals surface area (Å²) in [5.74, 6) is -4.93. The average molecular weight is 624 g/mol. The summed E-state index contributed by atoms with van der Waals surface area (Å²) in [6.45, 7) is 9.23. The van der Waals surface area contributed by atoms with Gasteiger partial charge in [-0.3, -0.25) is 14.1 Å². The van der Waals surface area contributed by atoms with Crippen LogP contribution in [0.2, 0.25) is 0 Å². The van der Waals surface area contributed by atoms with Crippen LogP contribution < -0.4 is 0 Å². The third kappa shape index (κ3) is 18.1. The number of rotatable bonds is 13. The first-order chi connectivity index (χ1) is 15.2. The van der Waals surface area contributed by atoms with E-state index >= 15 is 0 Å². The molecule has 0 bridgehead atoms. The maximum Gasteiger partial charge on any atom is 0.397 e. The molecule has 0 fully saturated rings. The Bertz CT molecular complexity index is 716. The van der Waals surface area contributed by atoms with Crippen molar-refractivity contribution in [1.82, 2.24) is 0 Å². The molecule has 5 unspecified atom stereocenters. The van der Waals surface area contributed by atoms with E-state index in [1.54, 1.807) is 20.8 Å². The number of aliphatic hydroxyl groups is 4. The molecule has 0 spiro atoms. The van der Waals surface area contributed by atoms with Gasteiger partial charge in [0.15, 0.2) is 0 Å². The number of aliphatic carboxylic acids is 2. The van der Waals surface area contributed by atoms with Crippen molar-refractivity contribution in [2.75, 3.05) is 26.4 Å². The zero-order valence-corrected chi connectivity index (χ0v) is 24.9. The van der Waals surface area contributed by atoms with Gasteiger partial charge in [0.25, 0.3) is 0 Å². The molecule has 5 atom stereocenters. The molecular formula is C22H46O12SY. The molecule has 0 heterocycles. The Morgan fingerprint density at radius 3 is 1.36 bits per heavy atom. The third-order valence-corrected chi connectivity index (χ3v) is 6.17. The van der Waals surface area contributed by atoms with Gasteiger partial charge in [-0.1, -0.05) is 49.0 Å². The fourth-order valence-electron chi connectivity index (χ4n) is 3.30. The Balaban J connectivity index is -0.000000285. The van der Waals surface area contributed by atoms with Crippen LogP contribution in [0.5, 0.6) is 0 Å². The molecule has 0 aromatic carbocycles. The maximum absolute atomic E-state index is 11.0. The quantitative estimate of drug-likeness (QED) is 0.144. The number of hydrogen-bond acceptors (Lipinski definition) is 9. The molecule has 0 aromatic rings. The summed E-state index contributed by atoms with van der Waals surface area (Å²) >= 11 is 0. The van der Waals surface area contributed by atoms with Crippen LogP contribution >= 0.6 is 0 Å². The molecule has 0 rings (SSSR count). The molecule has 36 heavy (non-hydrogen) atoms. The van der Waals surface area contributed by atoms with Gasteiger partial charge in [0.1, 0.15) is 6.10 Å². The molecule has 7 N–H and O–H groups in total. The predicted octanol–water partition coefficient (Wildman–Crippen LogP) is 1.27. The van der Waals surface area contributed by atoms with E-state index in [0.717, 1.165) is 0 Å². The van der Waals surface area contributed by atoms with Crippen LogP contribution in [0.15, 0.2) is 0 Å². The number of hydrogen-bond donors (Lipinski definition) is 7. The third-order valence-electron chi connectivity index (χ3n) is 5.68. The van der Waals surface area contributed by atoms with Gasteiger partial charge < -0.3 is 30.6 Å². The van der Waals surface area contributed by atoms with Gasteiger partial charge in [0.05, 0.1) is 31.7 Å². The molecule has 12 nitrogen and oxygen atoms in total. The second kappa shape index (κ2) is 18.9. The van der Waals surface area contributed by atoms with Crippen LogP contribution in [0.25, 0.3) is 0 Å². The van der Waals surface area contributed by atoms with Crippen molar-refractivity contribution in [2.45, 2.75) is 67.9 Å². The summed E-state index contributed by atoms with van der Waals surface area (Å²) in [5.41, 5.74) is -0.751. The summed E-state index contributed by atoms with van der Waals surface area (Å²) in [5, 5.41) is 53.9. The van der Waals surface area contributed by atoms with E-state index in [4.69, 9.17) is 30.1 Å². The summed E-state index contributed by atoms with van der Waals surface area (Å²) in [6.07, 6.45) is -1.08. The zero-order chi connectivity index (χ0) is 27.5. The van der Waals surface area contributed by atoms with Gasteiger partial charge in [0, 0.05) is 39.3 Å². The Hall–Kier alpha value is -0.246. The van der Waals surface area contributed by atoms with Crippen LogP contribution in [0, 0.1) is 34.5 Å². The first-order valence-electron chi connectivity index (χ1n) is 10.8. The van der Waals surface area contributed by atoms with Gasteiger partial charge in [-0.05, 0) is 35.5 Å². The second-order valence-corrected chi connectivity index (χ2v) is 11.4. The minimum Gasteiger partial charge on any atom is -0.481 e. The first kappa shape index (κ1) is 42.8. The smallest absolute Gasteiger partial charge is 0.397 e. The Labute approximate surface area is 240 Å². The fraction of sp³-hybridized carbons (Fsp3) is 0.909. The van der Waals surface area contributed by atoms with E-state index in [2.05, 4.69) is 4.18 Å². The van der Waals surface area contributed by atoms with E-state index in [0.29, 0.717) is 6.42 Å². The summed E-state index contributed by atoms with van der Waals surface area (Å²) in [6, 6.07) is 0. The molecule has 0 saturated carbocycles. The van der Waals surface area contributed by atoms with Gasteiger partial charge in [-0.25, -0.2) is 4.18 Å². The molecular weight excluding hydrogens is 577 g/mol. The van der Waals surface area contributed by atoms with Crippen molar-refractivity contribution in [1.29, 1.82) is 0 Å². The van der Waals surface area contributed by atoms with E-state index < -0.39 is 64.8 Å². The summed E-state index contributed by atoms with van der Waals surface area (Å²) in [4.78, 5) is 21.6. The molecule has 0 aliphatic rings. The summed E-state index contributed by atoms with van der Waals surface area (Å²) in [7, 11) is -4.77. The van der Waals surface area contributed by atoms with Crippen molar-refractivity contribution in [3.05, 3.63) is 0 Å². The van der Waals surface area contributed by atoms with Crippen LogP contribution in [0.1, 0.15) is 61.8 Å². The second-order valence-electron chi connectivity index (χ2n) is 10.4. The standard InChI is InChI=1S/C11H22O8S.C10H20O4.CH4.Y/c1-11(2,3)8(4-7(5-12)10(14)15)9(6-13)19-20(16,17)18;1-10(2,3)8(6-12)4-7(5-11)9(13)14;;/h7-9,12-13H,4-6H2,1-3H3,(H,14,15)(H,16,17,18);7-8,11-12H,4-6H2,1-3H3,(H,13,14);1H4;. The van der Waals surface area contributed by atoms with Gasteiger partial charge in [-0.2, -0.15) is 8.42 Å². The SMILES string of the molecule is C.CC(C)(C)C(CC(CO)C(=O)O)C(CO)OS(=O)(=O)O.CC(C)(C)C(CO)CC(CO)C(=O)O.[Y]. The minimum absolute atomic E-state index is 0. The first-order valence-corrected chi connectivity index (χ1v) is 12.2. The van der Waals surface area contributed by atoms with Crippen molar-refractivity contribution >= 4 is 22.3 Å². The monoisotopic (exact) mass is 623 g/mol. The zero-order valence-electron chi connectivity index (χ0n) is 21.3. The van der Waals surface area contributed by atoms with E-state index in [1.807, 2.05) is 20.8 Å².